The third-order valence-electron chi connectivity index (χ3n) is 5.50. The highest BCUT2D eigenvalue weighted by atomic mass is 16.1. The fourth-order valence-corrected chi connectivity index (χ4v) is 3.97. The molecule has 0 N–H and O–H groups in total. The van der Waals surface area contributed by atoms with Crippen molar-refractivity contribution >= 4 is 5.78 Å². The third kappa shape index (κ3) is 3.89. The van der Waals surface area contributed by atoms with E-state index in [1.54, 1.807) is 0 Å². The van der Waals surface area contributed by atoms with Crippen LogP contribution in [0.2, 0.25) is 0 Å². The van der Waals surface area contributed by atoms with Crippen LogP contribution in [0, 0.1) is 11.3 Å². The van der Waals surface area contributed by atoms with Gasteiger partial charge in [0, 0.05) is 23.2 Å². The van der Waals surface area contributed by atoms with Gasteiger partial charge in [0.05, 0.1) is 23.9 Å². The number of imidazole rings is 1. The number of nitrogens with zero attached hydrogens (tertiary/aromatic N) is 3. The predicted molar refractivity (Wildman–Crippen MR) is 109 cm³/mol. The van der Waals surface area contributed by atoms with Gasteiger partial charge in [0.25, 0.3) is 0 Å². The summed E-state index contributed by atoms with van der Waals surface area (Å²) in [4.78, 5) is 17.7. The van der Waals surface area contributed by atoms with Crippen LogP contribution >= 0.6 is 0 Å². The van der Waals surface area contributed by atoms with Gasteiger partial charge in [-0.05, 0) is 25.0 Å². The summed E-state index contributed by atoms with van der Waals surface area (Å²) in [7, 11) is 0. The highest BCUT2D eigenvalue weighted by Gasteiger charge is 2.23. The smallest absolute Gasteiger partial charge is 0.182 e. The van der Waals surface area contributed by atoms with Crippen LogP contribution in [-0.2, 0) is 6.54 Å². The summed E-state index contributed by atoms with van der Waals surface area (Å²) in [6.07, 6.45) is 7.97. The van der Waals surface area contributed by atoms with Crippen LogP contribution < -0.4 is 0 Å². The van der Waals surface area contributed by atoms with Crippen LogP contribution in [0.15, 0.2) is 60.8 Å². The summed E-state index contributed by atoms with van der Waals surface area (Å²) in [5.74, 6) is 1.52. The molecule has 4 rings (SSSR count). The Labute approximate surface area is 165 Å². The van der Waals surface area contributed by atoms with E-state index in [0.717, 1.165) is 35.5 Å². The number of carbonyl (C=O) groups is 1. The zero-order valence-electron chi connectivity index (χ0n) is 15.8. The summed E-state index contributed by atoms with van der Waals surface area (Å²) in [5, 5.41) is 9.02. The molecule has 0 unspecified atom stereocenters. The number of benzene rings is 2. The second-order valence-corrected chi connectivity index (χ2v) is 7.43. The molecule has 4 heteroatoms. The van der Waals surface area contributed by atoms with Gasteiger partial charge in [-0.15, -0.1) is 0 Å². The molecule has 1 aliphatic rings. The number of ketones is 1. The quantitative estimate of drug-likeness (QED) is 0.569. The van der Waals surface area contributed by atoms with E-state index in [9.17, 15) is 4.79 Å². The molecule has 140 valence electrons. The van der Waals surface area contributed by atoms with Gasteiger partial charge in [0.1, 0.15) is 5.82 Å². The van der Waals surface area contributed by atoms with Crippen molar-refractivity contribution in [2.45, 2.75) is 44.6 Å². The van der Waals surface area contributed by atoms with Crippen molar-refractivity contribution in [2.24, 2.45) is 0 Å². The first-order valence-corrected chi connectivity index (χ1v) is 9.90. The minimum Gasteiger partial charge on any atom is -0.326 e. The number of aromatic nitrogens is 2. The van der Waals surface area contributed by atoms with E-state index in [4.69, 9.17) is 10.2 Å². The molecule has 28 heavy (non-hydrogen) atoms. The molecule has 0 aliphatic heterocycles. The van der Waals surface area contributed by atoms with Crippen molar-refractivity contribution in [3.63, 3.8) is 0 Å². The number of nitriles is 1. The fourth-order valence-electron chi connectivity index (χ4n) is 3.97. The fraction of sp³-hybridized carbons (Fsp3) is 0.292. The molecule has 1 heterocycles. The predicted octanol–water partition coefficient (Wildman–Crippen LogP) is 5.35. The Bertz CT molecular complexity index is 991. The molecule has 2 aromatic carbocycles. The zero-order chi connectivity index (χ0) is 19.3. The second kappa shape index (κ2) is 8.22. The van der Waals surface area contributed by atoms with Crippen LogP contribution in [0.25, 0.3) is 11.3 Å². The average Bonchev–Trinajstić information content (AvgIpc) is 3.18. The molecule has 0 atom stereocenters. The summed E-state index contributed by atoms with van der Waals surface area (Å²) in [5.41, 5.74) is 3.20. The maximum absolute atomic E-state index is 12.8. The molecule has 1 aliphatic carbocycles. The first kappa shape index (κ1) is 18.2. The highest BCUT2D eigenvalue weighted by Crippen LogP contribution is 2.33. The average molecular weight is 369 g/mol. The van der Waals surface area contributed by atoms with E-state index in [2.05, 4.69) is 6.07 Å². The Morgan fingerprint density at radius 2 is 1.75 bits per heavy atom. The molecule has 0 saturated heterocycles. The zero-order valence-corrected chi connectivity index (χ0v) is 15.8. The topological polar surface area (TPSA) is 58.7 Å². The number of Topliss-reactive ketones (excluding diaryl/α,β-unsaturated/α-hetero) is 1. The minimum atomic E-state index is 0.0986. The van der Waals surface area contributed by atoms with Crippen molar-refractivity contribution < 1.29 is 4.79 Å². The van der Waals surface area contributed by atoms with Crippen LogP contribution in [0.3, 0.4) is 0 Å². The lowest BCUT2D eigenvalue weighted by Gasteiger charge is -2.21. The van der Waals surface area contributed by atoms with Gasteiger partial charge in [0.2, 0.25) is 0 Å². The standard InChI is InChI=1S/C24H23N3O/c25-15-18-11-13-19(14-12-18)22-16-27(17-23(28)20-7-3-1-4-8-20)24(26-22)21-9-5-2-6-10-21/h1,3-4,7-8,11-14,16,21H,2,5-6,9-10,17H2. The van der Waals surface area contributed by atoms with E-state index in [0.29, 0.717) is 18.0 Å². The van der Waals surface area contributed by atoms with Crippen LogP contribution in [0.4, 0.5) is 0 Å². The number of carbonyl (C=O) groups excluding carboxylic acids is 1. The molecule has 1 fully saturated rings. The van der Waals surface area contributed by atoms with E-state index in [-0.39, 0.29) is 5.78 Å². The van der Waals surface area contributed by atoms with Gasteiger partial charge in [-0.2, -0.15) is 5.26 Å². The van der Waals surface area contributed by atoms with Crippen LogP contribution in [-0.4, -0.2) is 15.3 Å². The SMILES string of the molecule is N#Cc1ccc(-c2cn(CC(=O)c3ccccc3)c(C3CCCCC3)n2)cc1. The molecule has 0 bridgehead atoms. The van der Waals surface area contributed by atoms with Crippen molar-refractivity contribution in [3.8, 4) is 17.3 Å². The Hall–Kier alpha value is -3.19. The van der Waals surface area contributed by atoms with Crippen molar-refractivity contribution in [1.29, 1.82) is 5.26 Å². The normalized spacial score (nSPS) is 14.5. The molecule has 0 spiro atoms. The van der Waals surface area contributed by atoms with E-state index in [1.807, 2.05) is 65.4 Å². The number of hydrogen-bond donors (Lipinski definition) is 0. The van der Waals surface area contributed by atoms with Crippen molar-refractivity contribution in [3.05, 3.63) is 77.7 Å². The maximum Gasteiger partial charge on any atom is 0.182 e. The Morgan fingerprint density at radius 3 is 2.43 bits per heavy atom. The molecular formula is C24H23N3O. The molecule has 4 nitrogen and oxygen atoms in total. The minimum absolute atomic E-state index is 0.0986. The molecule has 0 amide bonds. The van der Waals surface area contributed by atoms with E-state index in [1.165, 1.54) is 19.3 Å². The van der Waals surface area contributed by atoms with Gasteiger partial charge >= 0.3 is 0 Å². The molecular weight excluding hydrogens is 346 g/mol. The summed E-state index contributed by atoms with van der Waals surface area (Å²) < 4.78 is 2.04. The van der Waals surface area contributed by atoms with Crippen LogP contribution in [0.1, 0.15) is 59.8 Å². The van der Waals surface area contributed by atoms with Crippen molar-refractivity contribution in [2.75, 3.05) is 0 Å². The lowest BCUT2D eigenvalue weighted by molar-refractivity contribution is 0.0970. The van der Waals surface area contributed by atoms with E-state index >= 15 is 0 Å². The highest BCUT2D eigenvalue weighted by molar-refractivity contribution is 5.95. The monoisotopic (exact) mass is 369 g/mol. The lowest BCUT2D eigenvalue weighted by Crippen LogP contribution is -2.16. The second-order valence-electron chi connectivity index (χ2n) is 7.43. The maximum atomic E-state index is 12.8. The van der Waals surface area contributed by atoms with Crippen LogP contribution in [0.5, 0.6) is 0 Å². The molecule has 1 aromatic heterocycles. The Kier molecular flexibility index (Phi) is 5.34. The largest absolute Gasteiger partial charge is 0.326 e. The van der Waals surface area contributed by atoms with Gasteiger partial charge in [-0.25, -0.2) is 4.98 Å². The molecule has 3 aromatic rings. The molecule has 1 saturated carbocycles. The third-order valence-corrected chi connectivity index (χ3v) is 5.50. The lowest BCUT2D eigenvalue weighted by atomic mass is 9.88. The van der Waals surface area contributed by atoms with Crippen molar-refractivity contribution in [1.82, 2.24) is 9.55 Å². The first-order chi connectivity index (χ1) is 13.7. The number of hydrogen-bond acceptors (Lipinski definition) is 3. The van der Waals surface area contributed by atoms with Gasteiger partial charge in [0.15, 0.2) is 5.78 Å². The Morgan fingerprint density at radius 1 is 1.04 bits per heavy atom. The molecule has 0 radical (unpaired) electrons. The van der Waals surface area contributed by atoms with E-state index < -0.39 is 0 Å². The first-order valence-electron chi connectivity index (χ1n) is 9.90. The van der Waals surface area contributed by atoms with Gasteiger partial charge in [-0.1, -0.05) is 61.7 Å². The number of rotatable bonds is 5. The van der Waals surface area contributed by atoms with Gasteiger partial charge < -0.3 is 4.57 Å². The Balaban J connectivity index is 1.67. The summed E-state index contributed by atoms with van der Waals surface area (Å²) in [6.45, 7) is 0.305. The van der Waals surface area contributed by atoms with Gasteiger partial charge in [-0.3, -0.25) is 4.79 Å². The summed E-state index contributed by atoms with van der Waals surface area (Å²) in [6, 6.07) is 19.1. The summed E-state index contributed by atoms with van der Waals surface area (Å²) >= 11 is 0.